The lowest BCUT2D eigenvalue weighted by atomic mass is 10.0. The molecule has 24 heavy (non-hydrogen) atoms. The van der Waals surface area contributed by atoms with Gasteiger partial charge in [0.2, 0.25) is 6.29 Å². The largest absolute Gasteiger partial charge is 0.364 e. The summed E-state index contributed by atoms with van der Waals surface area (Å²) >= 11 is 0. The van der Waals surface area contributed by atoms with Gasteiger partial charge in [0.15, 0.2) is 0 Å². The van der Waals surface area contributed by atoms with Gasteiger partial charge in [-0.1, -0.05) is 0 Å². The molecule has 4 nitrogen and oxygen atoms in total. The van der Waals surface area contributed by atoms with E-state index in [1.54, 1.807) is 10.7 Å². The molecular weight excluding hydrogens is 312 g/mol. The van der Waals surface area contributed by atoms with Gasteiger partial charge < -0.3 is 4.90 Å². The molecule has 2 aromatic heterocycles. The normalized spacial score (nSPS) is 17.6. The average Bonchev–Trinajstić information content (AvgIpc) is 3.22. The summed E-state index contributed by atoms with van der Waals surface area (Å²) in [4.78, 5) is 13.0. The maximum absolute atomic E-state index is 14.2. The fraction of sp³-hybridized carbons (Fsp3) is 0.222. The highest BCUT2D eigenvalue weighted by atomic mass is 19.1. The molecule has 4 rings (SSSR count). The van der Waals surface area contributed by atoms with E-state index in [0.29, 0.717) is 16.6 Å². The number of pyridine rings is 1. The first kappa shape index (κ1) is 14.8. The van der Waals surface area contributed by atoms with Gasteiger partial charge in [0, 0.05) is 24.0 Å². The number of hydrogen-bond acceptors (Lipinski definition) is 3. The molecule has 1 saturated heterocycles. The first-order valence-electron chi connectivity index (χ1n) is 7.74. The summed E-state index contributed by atoms with van der Waals surface area (Å²) in [5.74, 6) is -0.844. The van der Waals surface area contributed by atoms with Crippen LogP contribution in [0.15, 0.2) is 42.7 Å². The van der Waals surface area contributed by atoms with Crippen LogP contribution in [0.5, 0.6) is 0 Å². The monoisotopic (exact) mass is 326 g/mol. The van der Waals surface area contributed by atoms with Crippen molar-refractivity contribution in [3.63, 3.8) is 0 Å². The molecular formula is C18H14F2N3O. The predicted octanol–water partition coefficient (Wildman–Crippen LogP) is 3.41. The molecule has 1 aliphatic heterocycles. The Labute approximate surface area is 137 Å². The second kappa shape index (κ2) is 5.70. The van der Waals surface area contributed by atoms with Gasteiger partial charge in [-0.15, -0.1) is 0 Å². The van der Waals surface area contributed by atoms with E-state index in [0.717, 1.165) is 31.1 Å². The van der Waals surface area contributed by atoms with E-state index in [9.17, 15) is 13.6 Å². The number of anilines is 1. The first-order chi connectivity index (χ1) is 11.7. The minimum Gasteiger partial charge on any atom is -0.364 e. The van der Waals surface area contributed by atoms with Crippen molar-refractivity contribution in [2.45, 2.75) is 18.9 Å². The van der Waals surface area contributed by atoms with Crippen molar-refractivity contribution in [1.29, 1.82) is 0 Å². The number of hydrogen-bond donors (Lipinski definition) is 0. The van der Waals surface area contributed by atoms with Crippen molar-refractivity contribution in [3.05, 3.63) is 65.5 Å². The van der Waals surface area contributed by atoms with Crippen molar-refractivity contribution in [1.82, 2.24) is 9.61 Å². The minimum atomic E-state index is -0.442. The van der Waals surface area contributed by atoms with E-state index in [1.807, 2.05) is 23.3 Å². The molecule has 1 aromatic carbocycles. The number of carbonyl (C=O) groups excluding carboxylic acids is 1. The van der Waals surface area contributed by atoms with Crippen molar-refractivity contribution in [3.8, 4) is 0 Å². The molecule has 3 heterocycles. The van der Waals surface area contributed by atoms with Crippen LogP contribution in [0.3, 0.4) is 0 Å². The fourth-order valence-electron chi connectivity index (χ4n) is 3.40. The molecule has 0 aliphatic carbocycles. The van der Waals surface area contributed by atoms with Gasteiger partial charge in [-0.3, -0.25) is 4.79 Å². The second-order valence-corrected chi connectivity index (χ2v) is 5.89. The van der Waals surface area contributed by atoms with Crippen LogP contribution in [0.2, 0.25) is 0 Å². The van der Waals surface area contributed by atoms with E-state index in [4.69, 9.17) is 0 Å². The Morgan fingerprint density at radius 1 is 1.21 bits per heavy atom. The molecule has 6 heteroatoms. The predicted molar refractivity (Wildman–Crippen MR) is 85.7 cm³/mol. The number of aromatic nitrogens is 2. The molecule has 0 spiro atoms. The molecule has 1 atom stereocenters. The summed E-state index contributed by atoms with van der Waals surface area (Å²) in [6.07, 6.45) is 6.71. The van der Waals surface area contributed by atoms with Crippen LogP contribution in [0.4, 0.5) is 14.5 Å². The molecule has 0 saturated carbocycles. The van der Waals surface area contributed by atoms with Crippen LogP contribution in [0.25, 0.3) is 5.52 Å². The van der Waals surface area contributed by atoms with E-state index in [-0.39, 0.29) is 6.04 Å². The lowest BCUT2D eigenvalue weighted by molar-refractivity contribution is 0.561. The summed E-state index contributed by atoms with van der Waals surface area (Å²) in [7, 11) is 0. The van der Waals surface area contributed by atoms with E-state index in [2.05, 4.69) is 5.10 Å². The number of halogens is 2. The third-order valence-corrected chi connectivity index (χ3v) is 4.52. The average molecular weight is 326 g/mol. The Bertz CT molecular complexity index is 922. The third-order valence-electron chi connectivity index (χ3n) is 4.52. The highest BCUT2D eigenvalue weighted by Gasteiger charge is 2.29. The lowest BCUT2D eigenvalue weighted by Gasteiger charge is -2.27. The van der Waals surface area contributed by atoms with Crippen molar-refractivity contribution in [2.75, 3.05) is 11.4 Å². The molecule has 0 amide bonds. The Morgan fingerprint density at radius 2 is 2.08 bits per heavy atom. The molecule has 3 aromatic rings. The Balaban J connectivity index is 1.77. The van der Waals surface area contributed by atoms with Crippen molar-refractivity contribution in [2.24, 2.45) is 0 Å². The zero-order valence-corrected chi connectivity index (χ0v) is 12.7. The van der Waals surface area contributed by atoms with Gasteiger partial charge in [0.1, 0.15) is 11.6 Å². The summed E-state index contributed by atoms with van der Waals surface area (Å²) in [5.41, 5.74) is 2.24. The fourth-order valence-corrected chi connectivity index (χ4v) is 3.40. The molecule has 1 fully saturated rings. The van der Waals surface area contributed by atoms with Crippen LogP contribution in [-0.4, -0.2) is 22.4 Å². The quantitative estimate of drug-likeness (QED) is 0.740. The van der Waals surface area contributed by atoms with E-state index < -0.39 is 11.6 Å². The molecule has 0 unspecified atom stereocenters. The topological polar surface area (TPSA) is 37.6 Å². The van der Waals surface area contributed by atoms with Gasteiger partial charge in [-0.2, -0.15) is 5.10 Å². The van der Waals surface area contributed by atoms with Crippen LogP contribution in [-0.2, 0) is 4.79 Å². The SMILES string of the molecule is O=[C]c1cnn2ccc(N3CCC[C@@H]3c3cc(F)ccc3F)cc12. The number of benzene rings is 1. The van der Waals surface area contributed by atoms with Crippen LogP contribution in [0.1, 0.15) is 30.0 Å². The maximum Gasteiger partial charge on any atom is 0.237 e. The Hall–Kier alpha value is -2.76. The van der Waals surface area contributed by atoms with Crippen LogP contribution in [0, 0.1) is 11.6 Å². The Morgan fingerprint density at radius 3 is 2.92 bits per heavy atom. The van der Waals surface area contributed by atoms with Crippen LogP contribution >= 0.6 is 0 Å². The van der Waals surface area contributed by atoms with Gasteiger partial charge >= 0.3 is 0 Å². The van der Waals surface area contributed by atoms with E-state index >= 15 is 0 Å². The highest BCUT2D eigenvalue weighted by molar-refractivity contribution is 5.87. The zero-order valence-electron chi connectivity index (χ0n) is 12.7. The summed E-state index contributed by atoms with van der Waals surface area (Å²) < 4.78 is 29.3. The number of nitrogens with zero attached hydrogens (tertiary/aromatic N) is 3. The summed E-state index contributed by atoms with van der Waals surface area (Å²) in [5, 5.41) is 4.09. The lowest BCUT2D eigenvalue weighted by Crippen LogP contribution is -2.23. The molecule has 1 radical (unpaired) electrons. The second-order valence-electron chi connectivity index (χ2n) is 5.89. The van der Waals surface area contributed by atoms with E-state index in [1.165, 1.54) is 18.3 Å². The third kappa shape index (κ3) is 2.35. The molecule has 0 N–H and O–H groups in total. The standard InChI is InChI=1S/C18H14F2N3O/c19-13-3-4-16(20)15(8-13)17-2-1-6-22(17)14-5-7-23-18(9-14)12(11-24)10-21-23/h3-5,7-10,17H,1-2,6H2/t17-/m1/s1. The van der Waals surface area contributed by atoms with Gasteiger partial charge in [-0.25, -0.2) is 13.3 Å². The maximum atomic E-state index is 14.2. The van der Waals surface area contributed by atoms with Crippen molar-refractivity contribution >= 4 is 17.5 Å². The smallest absolute Gasteiger partial charge is 0.237 e. The molecule has 0 bridgehead atoms. The Kier molecular flexibility index (Phi) is 3.52. The first-order valence-corrected chi connectivity index (χ1v) is 7.74. The molecule has 1 aliphatic rings. The summed E-state index contributed by atoms with van der Waals surface area (Å²) in [6, 6.07) is 7.03. The van der Waals surface area contributed by atoms with Gasteiger partial charge in [0.05, 0.1) is 23.3 Å². The molecule has 121 valence electrons. The summed E-state index contributed by atoms with van der Waals surface area (Å²) in [6.45, 7) is 0.741. The highest BCUT2D eigenvalue weighted by Crippen LogP contribution is 2.37. The van der Waals surface area contributed by atoms with Crippen LogP contribution < -0.4 is 4.90 Å². The number of fused-ring (bicyclic) bond motifs is 1. The van der Waals surface area contributed by atoms with Gasteiger partial charge in [0.25, 0.3) is 0 Å². The number of rotatable bonds is 3. The van der Waals surface area contributed by atoms with Crippen molar-refractivity contribution < 1.29 is 13.6 Å². The minimum absolute atomic E-state index is 0.227. The van der Waals surface area contributed by atoms with Gasteiger partial charge in [-0.05, 0) is 43.2 Å². The zero-order chi connectivity index (χ0) is 16.7.